The third kappa shape index (κ3) is 3.99. The van der Waals surface area contributed by atoms with E-state index in [1.807, 2.05) is 45.0 Å². The molecule has 0 aliphatic rings. The van der Waals surface area contributed by atoms with Crippen LogP contribution in [0.3, 0.4) is 0 Å². The first kappa shape index (κ1) is 20.5. The van der Waals surface area contributed by atoms with Crippen molar-refractivity contribution in [2.24, 2.45) is 0 Å². The number of nitrogens with one attached hydrogen (secondary N) is 1. The lowest BCUT2D eigenvalue weighted by Gasteiger charge is -2.15. The molecule has 158 valence electrons. The van der Waals surface area contributed by atoms with Crippen molar-refractivity contribution >= 4 is 16.9 Å². The molecule has 2 aromatic heterocycles. The Bertz CT molecular complexity index is 1250. The fraction of sp³-hybridized carbons (Fsp3) is 0.208. The summed E-state index contributed by atoms with van der Waals surface area (Å²) in [5.41, 5.74) is 4.08. The Morgan fingerprint density at radius 3 is 2.42 bits per heavy atom. The highest BCUT2D eigenvalue weighted by Gasteiger charge is 2.21. The van der Waals surface area contributed by atoms with Gasteiger partial charge in [-0.2, -0.15) is 5.10 Å². The molecule has 0 spiro atoms. The zero-order valence-corrected chi connectivity index (χ0v) is 17.8. The second-order valence-electron chi connectivity index (χ2n) is 7.45. The van der Waals surface area contributed by atoms with Gasteiger partial charge in [-0.3, -0.25) is 4.79 Å². The molecule has 2 aromatic carbocycles. The summed E-state index contributed by atoms with van der Waals surface area (Å²) in [6.07, 6.45) is 0. The topological polar surface area (TPSA) is 69.0 Å². The van der Waals surface area contributed by atoms with Crippen molar-refractivity contribution in [1.82, 2.24) is 20.1 Å². The van der Waals surface area contributed by atoms with Crippen molar-refractivity contribution in [3.63, 3.8) is 0 Å². The maximum atomic E-state index is 13.4. The summed E-state index contributed by atoms with van der Waals surface area (Å²) in [6.45, 7) is 5.60. The van der Waals surface area contributed by atoms with Gasteiger partial charge in [-0.1, -0.05) is 12.1 Å². The van der Waals surface area contributed by atoms with E-state index in [1.54, 1.807) is 30.0 Å². The van der Waals surface area contributed by atoms with Crippen LogP contribution in [0.25, 0.3) is 16.7 Å². The van der Waals surface area contributed by atoms with Gasteiger partial charge in [-0.05, 0) is 68.8 Å². The molecule has 0 saturated heterocycles. The van der Waals surface area contributed by atoms with Crippen LogP contribution in [0.5, 0.6) is 5.75 Å². The second kappa shape index (κ2) is 8.18. The quantitative estimate of drug-likeness (QED) is 0.511. The number of rotatable bonds is 5. The van der Waals surface area contributed by atoms with Gasteiger partial charge in [0.05, 0.1) is 35.5 Å². The van der Waals surface area contributed by atoms with Crippen LogP contribution in [0.15, 0.2) is 54.6 Å². The number of hydrogen-bond donors (Lipinski definition) is 1. The average Bonchev–Trinajstić information content (AvgIpc) is 3.09. The molecule has 1 unspecified atom stereocenters. The normalized spacial score (nSPS) is 12.0. The van der Waals surface area contributed by atoms with Crippen molar-refractivity contribution in [3.05, 3.63) is 82.9 Å². The fourth-order valence-electron chi connectivity index (χ4n) is 3.61. The molecule has 4 rings (SSSR count). The Labute approximate surface area is 179 Å². The number of aryl methyl sites for hydroxylation is 2. The molecule has 4 aromatic rings. The fourth-order valence-corrected chi connectivity index (χ4v) is 3.61. The van der Waals surface area contributed by atoms with Crippen molar-refractivity contribution < 1.29 is 13.9 Å². The van der Waals surface area contributed by atoms with Crippen LogP contribution >= 0.6 is 0 Å². The smallest absolute Gasteiger partial charge is 0.252 e. The maximum Gasteiger partial charge on any atom is 0.252 e. The number of halogens is 1. The minimum Gasteiger partial charge on any atom is -0.497 e. The van der Waals surface area contributed by atoms with Crippen LogP contribution < -0.4 is 10.1 Å². The number of carbonyl (C=O) groups is 1. The minimum atomic E-state index is -0.325. The van der Waals surface area contributed by atoms with E-state index in [-0.39, 0.29) is 17.8 Å². The van der Waals surface area contributed by atoms with E-state index < -0.39 is 0 Å². The Hall–Kier alpha value is -3.74. The Morgan fingerprint density at radius 2 is 1.77 bits per heavy atom. The molecule has 2 heterocycles. The first-order valence-electron chi connectivity index (χ1n) is 9.95. The molecular formula is C24H23FN4O2. The van der Waals surface area contributed by atoms with E-state index in [2.05, 4.69) is 15.4 Å². The first-order valence-corrected chi connectivity index (χ1v) is 9.95. The molecule has 6 nitrogen and oxygen atoms in total. The van der Waals surface area contributed by atoms with Gasteiger partial charge in [0.25, 0.3) is 5.91 Å². The van der Waals surface area contributed by atoms with E-state index in [0.717, 1.165) is 11.3 Å². The molecule has 7 heteroatoms. The number of amides is 1. The summed E-state index contributed by atoms with van der Waals surface area (Å²) in [5, 5.41) is 8.30. The molecule has 0 aliphatic carbocycles. The summed E-state index contributed by atoms with van der Waals surface area (Å²) >= 11 is 0. The lowest BCUT2D eigenvalue weighted by molar-refractivity contribution is 0.0941. The van der Waals surface area contributed by atoms with Gasteiger partial charge in [-0.25, -0.2) is 14.1 Å². The average molecular weight is 418 g/mol. The number of pyridine rings is 1. The summed E-state index contributed by atoms with van der Waals surface area (Å²) in [4.78, 5) is 17.8. The summed E-state index contributed by atoms with van der Waals surface area (Å²) in [7, 11) is 1.62. The number of ether oxygens (including phenoxy) is 1. The highest BCUT2D eigenvalue weighted by Crippen LogP contribution is 2.26. The molecule has 31 heavy (non-hydrogen) atoms. The monoisotopic (exact) mass is 418 g/mol. The lowest BCUT2D eigenvalue weighted by Crippen LogP contribution is -2.27. The molecule has 1 N–H and O–H groups in total. The number of fused-ring (bicyclic) bond motifs is 1. The van der Waals surface area contributed by atoms with Crippen molar-refractivity contribution in [2.45, 2.75) is 26.8 Å². The second-order valence-corrected chi connectivity index (χ2v) is 7.45. The molecule has 0 radical (unpaired) electrons. The van der Waals surface area contributed by atoms with Crippen molar-refractivity contribution in [3.8, 4) is 11.4 Å². The highest BCUT2D eigenvalue weighted by atomic mass is 19.1. The predicted molar refractivity (Wildman–Crippen MR) is 117 cm³/mol. The van der Waals surface area contributed by atoms with Crippen molar-refractivity contribution in [2.75, 3.05) is 7.11 Å². The van der Waals surface area contributed by atoms with Crippen LogP contribution in [0, 0.1) is 19.7 Å². The molecule has 0 aliphatic heterocycles. The molecule has 0 saturated carbocycles. The van der Waals surface area contributed by atoms with Gasteiger partial charge in [-0.15, -0.1) is 0 Å². The minimum absolute atomic E-state index is 0.200. The molecule has 1 amide bonds. The first-order chi connectivity index (χ1) is 14.9. The molecule has 1 atom stereocenters. The summed E-state index contributed by atoms with van der Waals surface area (Å²) in [6, 6.07) is 15.2. The molecule has 0 fully saturated rings. The number of aromatic nitrogens is 3. The Balaban J connectivity index is 1.71. The maximum absolute atomic E-state index is 13.4. The number of hydrogen-bond acceptors (Lipinski definition) is 4. The molecule has 0 bridgehead atoms. The Kier molecular flexibility index (Phi) is 5.42. The van der Waals surface area contributed by atoms with E-state index in [0.29, 0.717) is 33.7 Å². The molecular weight excluding hydrogens is 395 g/mol. The number of methoxy groups -OCH3 is 1. The lowest BCUT2D eigenvalue weighted by atomic mass is 10.1. The van der Waals surface area contributed by atoms with Gasteiger partial charge >= 0.3 is 0 Å². The van der Waals surface area contributed by atoms with Gasteiger partial charge in [0, 0.05) is 5.69 Å². The SMILES string of the molecule is COc1ccc(C(C)NC(=O)c2cc(C)nc3c2c(C)nn3-c2ccc(F)cc2)cc1. The van der Waals surface area contributed by atoms with E-state index in [4.69, 9.17) is 4.74 Å². The summed E-state index contributed by atoms with van der Waals surface area (Å²) in [5.74, 6) is 0.229. The van der Waals surface area contributed by atoms with Crippen LogP contribution in [0.4, 0.5) is 4.39 Å². The van der Waals surface area contributed by atoms with Crippen LogP contribution in [-0.2, 0) is 0 Å². The van der Waals surface area contributed by atoms with Crippen LogP contribution in [0.2, 0.25) is 0 Å². The standard InChI is InChI=1S/C24H23FN4O2/c1-14-13-21(24(30)27-15(2)17-5-11-20(31-4)12-6-17)22-16(3)28-29(23(22)26-14)19-9-7-18(25)8-10-19/h5-13,15H,1-4H3,(H,27,30). The van der Waals surface area contributed by atoms with Gasteiger partial charge < -0.3 is 10.1 Å². The van der Waals surface area contributed by atoms with Crippen LogP contribution in [-0.4, -0.2) is 27.8 Å². The highest BCUT2D eigenvalue weighted by molar-refractivity contribution is 6.07. The van der Waals surface area contributed by atoms with E-state index >= 15 is 0 Å². The van der Waals surface area contributed by atoms with Gasteiger partial charge in [0.15, 0.2) is 5.65 Å². The largest absolute Gasteiger partial charge is 0.497 e. The number of nitrogens with zero attached hydrogens (tertiary/aromatic N) is 3. The zero-order valence-electron chi connectivity index (χ0n) is 17.8. The zero-order chi connectivity index (χ0) is 22.1. The number of carbonyl (C=O) groups excluding carboxylic acids is 1. The van der Waals surface area contributed by atoms with E-state index in [1.165, 1.54) is 12.1 Å². The third-order valence-corrected chi connectivity index (χ3v) is 5.22. The predicted octanol–water partition coefficient (Wildman–Crippen LogP) is 4.68. The van der Waals surface area contributed by atoms with Crippen molar-refractivity contribution in [1.29, 1.82) is 0 Å². The van der Waals surface area contributed by atoms with Crippen LogP contribution in [0.1, 0.15) is 40.3 Å². The van der Waals surface area contributed by atoms with E-state index in [9.17, 15) is 9.18 Å². The number of benzene rings is 2. The summed E-state index contributed by atoms with van der Waals surface area (Å²) < 4.78 is 20.2. The third-order valence-electron chi connectivity index (χ3n) is 5.22. The van der Waals surface area contributed by atoms with Gasteiger partial charge in [0.2, 0.25) is 0 Å². The van der Waals surface area contributed by atoms with Gasteiger partial charge in [0.1, 0.15) is 11.6 Å². The Morgan fingerprint density at radius 1 is 1.10 bits per heavy atom.